The molecular formula is C11H16F2N2. The molecule has 1 unspecified atom stereocenters. The summed E-state index contributed by atoms with van der Waals surface area (Å²) in [5, 5.41) is 0. The van der Waals surface area contributed by atoms with Gasteiger partial charge in [0.15, 0.2) is 11.6 Å². The Morgan fingerprint density at radius 3 is 2.40 bits per heavy atom. The fraction of sp³-hybridized carbons (Fsp3) is 0.455. The Bertz CT molecular complexity index is 351. The number of nitrogens with two attached hydrogens (primary N) is 1. The van der Waals surface area contributed by atoms with E-state index in [0.29, 0.717) is 6.54 Å². The van der Waals surface area contributed by atoms with Crippen molar-refractivity contribution in [2.75, 3.05) is 25.5 Å². The molecule has 0 aromatic heterocycles. The van der Waals surface area contributed by atoms with Gasteiger partial charge in [0.1, 0.15) is 0 Å². The molecule has 0 saturated carbocycles. The van der Waals surface area contributed by atoms with Gasteiger partial charge in [-0.15, -0.1) is 0 Å². The van der Waals surface area contributed by atoms with Gasteiger partial charge in [0.2, 0.25) is 0 Å². The molecule has 0 aliphatic rings. The summed E-state index contributed by atoms with van der Waals surface area (Å²) < 4.78 is 26.6. The number of hydrogen-bond donors (Lipinski definition) is 1. The molecule has 4 heteroatoms. The van der Waals surface area contributed by atoms with Crippen LogP contribution in [0.2, 0.25) is 0 Å². The van der Waals surface area contributed by atoms with Crippen LogP contribution in [0.1, 0.15) is 18.4 Å². The second-order valence-corrected chi connectivity index (χ2v) is 3.87. The summed E-state index contributed by atoms with van der Waals surface area (Å²) in [5.41, 5.74) is 6.47. The maximum atomic E-state index is 13.4. The molecular weight excluding hydrogens is 198 g/mol. The highest BCUT2D eigenvalue weighted by Gasteiger charge is 2.14. The molecule has 84 valence electrons. The maximum absolute atomic E-state index is 13.4. The van der Waals surface area contributed by atoms with E-state index in [1.807, 2.05) is 6.92 Å². The first-order valence-electron chi connectivity index (χ1n) is 4.83. The molecule has 0 fully saturated rings. The van der Waals surface area contributed by atoms with E-state index >= 15 is 0 Å². The van der Waals surface area contributed by atoms with Gasteiger partial charge >= 0.3 is 0 Å². The van der Waals surface area contributed by atoms with Crippen molar-refractivity contribution in [1.29, 1.82) is 0 Å². The Morgan fingerprint density at radius 1 is 1.33 bits per heavy atom. The Kier molecular flexibility index (Phi) is 3.63. The number of anilines is 1. The van der Waals surface area contributed by atoms with E-state index in [9.17, 15) is 8.78 Å². The first-order valence-corrected chi connectivity index (χ1v) is 4.83. The molecule has 0 amide bonds. The third kappa shape index (κ3) is 2.45. The minimum absolute atomic E-state index is 0.0267. The standard InChI is InChI=1S/C11H16F2N2/c1-7(6-14)8-4-9(12)11(13)10(5-8)15(2)3/h4-5,7H,6,14H2,1-3H3. The van der Waals surface area contributed by atoms with Gasteiger partial charge < -0.3 is 10.6 Å². The van der Waals surface area contributed by atoms with Gasteiger partial charge in [-0.05, 0) is 30.2 Å². The van der Waals surface area contributed by atoms with Crippen LogP contribution in [-0.2, 0) is 0 Å². The van der Waals surface area contributed by atoms with Crippen LogP contribution in [-0.4, -0.2) is 20.6 Å². The smallest absolute Gasteiger partial charge is 0.182 e. The molecule has 0 aliphatic carbocycles. The lowest BCUT2D eigenvalue weighted by molar-refractivity contribution is 0.506. The van der Waals surface area contributed by atoms with E-state index in [2.05, 4.69) is 0 Å². The fourth-order valence-electron chi connectivity index (χ4n) is 1.34. The molecule has 15 heavy (non-hydrogen) atoms. The lowest BCUT2D eigenvalue weighted by atomic mass is 10.0. The number of nitrogens with zero attached hydrogens (tertiary/aromatic N) is 1. The van der Waals surface area contributed by atoms with Gasteiger partial charge in [-0.2, -0.15) is 0 Å². The van der Waals surface area contributed by atoms with Gasteiger partial charge in [0, 0.05) is 14.1 Å². The van der Waals surface area contributed by atoms with Gasteiger partial charge in [0.05, 0.1) is 5.69 Å². The van der Waals surface area contributed by atoms with Crippen LogP contribution in [0, 0.1) is 11.6 Å². The lowest BCUT2D eigenvalue weighted by Gasteiger charge is -2.17. The Labute approximate surface area is 88.7 Å². The van der Waals surface area contributed by atoms with E-state index < -0.39 is 11.6 Å². The minimum atomic E-state index is -0.823. The molecule has 0 aliphatic heterocycles. The zero-order chi connectivity index (χ0) is 11.6. The Morgan fingerprint density at radius 2 is 1.93 bits per heavy atom. The molecule has 0 radical (unpaired) electrons. The Balaban J connectivity index is 3.23. The second-order valence-electron chi connectivity index (χ2n) is 3.87. The van der Waals surface area contributed by atoms with Gasteiger partial charge in [0.25, 0.3) is 0 Å². The molecule has 1 atom stereocenters. The molecule has 1 aromatic rings. The third-order valence-corrected chi connectivity index (χ3v) is 2.44. The van der Waals surface area contributed by atoms with Crippen molar-refractivity contribution in [2.24, 2.45) is 5.73 Å². The topological polar surface area (TPSA) is 29.3 Å². The van der Waals surface area contributed by atoms with Crippen LogP contribution in [0.5, 0.6) is 0 Å². The molecule has 0 bridgehead atoms. The van der Waals surface area contributed by atoms with E-state index in [1.165, 1.54) is 6.07 Å². The van der Waals surface area contributed by atoms with Crippen LogP contribution in [0.3, 0.4) is 0 Å². The predicted octanol–water partition coefficient (Wildman–Crippen LogP) is 2.09. The number of benzene rings is 1. The fourth-order valence-corrected chi connectivity index (χ4v) is 1.34. The zero-order valence-electron chi connectivity index (χ0n) is 9.22. The first-order chi connectivity index (χ1) is 6.97. The Hall–Kier alpha value is -1.16. The minimum Gasteiger partial charge on any atom is -0.375 e. The second kappa shape index (κ2) is 4.57. The average Bonchev–Trinajstić information content (AvgIpc) is 2.20. The highest BCUT2D eigenvalue weighted by molar-refractivity contribution is 5.50. The van der Waals surface area contributed by atoms with E-state index in [4.69, 9.17) is 5.73 Å². The molecule has 0 heterocycles. The third-order valence-electron chi connectivity index (χ3n) is 2.44. The summed E-state index contributed by atoms with van der Waals surface area (Å²) in [5.74, 6) is -1.61. The van der Waals surface area contributed by atoms with Gasteiger partial charge in [-0.1, -0.05) is 6.92 Å². The summed E-state index contributed by atoms with van der Waals surface area (Å²) in [7, 11) is 3.35. The molecule has 1 rings (SSSR count). The van der Waals surface area contributed by atoms with Gasteiger partial charge in [-0.25, -0.2) is 8.78 Å². The van der Waals surface area contributed by atoms with Crippen molar-refractivity contribution in [2.45, 2.75) is 12.8 Å². The van der Waals surface area contributed by atoms with E-state index in [0.717, 1.165) is 5.56 Å². The van der Waals surface area contributed by atoms with Crippen molar-refractivity contribution in [1.82, 2.24) is 0 Å². The van der Waals surface area contributed by atoms with Gasteiger partial charge in [-0.3, -0.25) is 0 Å². The highest BCUT2D eigenvalue weighted by Crippen LogP contribution is 2.25. The van der Waals surface area contributed by atoms with Crippen LogP contribution in [0.15, 0.2) is 12.1 Å². The SMILES string of the molecule is CC(CN)c1cc(F)c(F)c(N(C)C)c1. The first kappa shape index (κ1) is 11.9. The van der Waals surface area contributed by atoms with Crippen LogP contribution in [0.25, 0.3) is 0 Å². The molecule has 0 spiro atoms. The van der Waals surface area contributed by atoms with Crippen LogP contribution in [0.4, 0.5) is 14.5 Å². The monoisotopic (exact) mass is 214 g/mol. The normalized spacial score (nSPS) is 12.7. The van der Waals surface area contributed by atoms with Crippen molar-refractivity contribution < 1.29 is 8.78 Å². The van der Waals surface area contributed by atoms with Crippen LogP contribution < -0.4 is 10.6 Å². The number of halogens is 2. The van der Waals surface area contributed by atoms with E-state index in [-0.39, 0.29) is 11.6 Å². The summed E-state index contributed by atoms with van der Waals surface area (Å²) in [4.78, 5) is 1.55. The summed E-state index contributed by atoms with van der Waals surface area (Å²) in [6.07, 6.45) is 0. The summed E-state index contributed by atoms with van der Waals surface area (Å²) >= 11 is 0. The molecule has 1 aromatic carbocycles. The lowest BCUT2D eigenvalue weighted by Crippen LogP contribution is -2.14. The van der Waals surface area contributed by atoms with Crippen molar-refractivity contribution in [3.8, 4) is 0 Å². The number of hydrogen-bond acceptors (Lipinski definition) is 2. The average molecular weight is 214 g/mol. The highest BCUT2D eigenvalue weighted by atomic mass is 19.2. The summed E-state index contributed by atoms with van der Waals surface area (Å²) in [6.45, 7) is 2.30. The quantitative estimate of drug-likeness (QED) is 0.834. The molecule has 2 N–H and O–H groups in total. The zero-order valence-corrected chi connectivity index (χ0v) is 9.22. The number of rotatable bonds is 3. The van der Waals surface area contributed by atoms with Crippen LogP contribution >= 0.6 is 0 Å². The largest absolute Gasteiger partial charge is 0.375 e. The van der Waals surface area contributed by atoms with Crippen molar-refractivity contribution in [3.63, 3.8) is 0 Å². The van der Waals surface area contributed by atoms with Crippen molar-refractivity contribution in [3.05, 3.63) is 29.3 Å². The van der Waals surface area contributed by atoms with E-state index in [1.54, 1.807) is 25.1 Å². The summed E-state index contributed by atoms with van der Waals surface area (Å²) in [6, 6.07) is 2.84. The van der Waals surface area contributed by atoms with Crippen molar-refractivity contribution >= 4 is 5.69 Å². The molecule has 2 nitrogen and oxygen atoms in total. The maximum Gasteiger partial charge on any atom is 0.182 e. The predicted molar refractivity (Wildman–Crippen MR) is 58.2 cm³/mol. The molecule has 0 saturated heterocycles.